The Balaban J connectivity index is 1.31. The van der Waals surface area contributed by atoms with Crippen LogP contribution in [0.1, 0.15) is 17.5 Å². The highest BCUT2D eigenvalue weighted by atomic mass is 32.2. The first-order chi connectivity index (χ1) is 13.6. The molecule has 0 aliphatic carbocycles. The molecule has 0 radical (unpaired) electrons. The van der Waals surface area contributed by atoms with Crippen LogP contribution in [0.5, 0.6) is 0 Å². The van der Waals surface area contributed by atoms with E-state index in [0.717, 1.165) is 41.1 Å². The SMILES string of the molecule is Cc1ccc2c(c1)CCC(C(=O)SCC(=O)Nc1cc3ccccc3cn1)N2. The summed E-state index contributed by atoms with van der Waals surface area (Å²) >= 11 is 1.05. The summed E-state index contributed by atoms with van der Waals surface area (Å²) in [4.78, 5) is 29.0. The first kappa shape index (κ1) is 18.5. The number of rotatable bonds is 4. The highest BCUT2D eigenvalue weighted by Crippen LogP contribution is 2.27. The predicted molar refractivity (Wildman–Crippen MR) is 115 cm³/mol. The summed E-state index contributed by atoms with van der Waals surface area (Å²) in [6.07, 6.45) is 3.35. The number of anilines is 2. The van der Waals surface area contributed by atoms with Gasteiger partial charge < -0.3 is 10.6 Å². The molecule has 1 aliphatic heterocycles. The second kappa shape index (κ2) is 8.02. The Bertz CT molecular complexity index is 1050. The van der Waals surface area contributed by atoms with Gasteiger partial charge in [-0.15, -0.1) is 0 Å². The third-order valence-electron chi connectivity index (χ3n) is 4.82. The molecular weight excluding hydrogens is 370 g/mol. The molecule has 1 aromatic heterocycles. The smallest absolute Gasteiger partial charge is 0.235 e. The molecule has 0 saturated carbocycles. The van der Waals surface area contributed by atoms with Crippen LogP contribution in [-0.4, -0.2) is 27.8 Å². The number of nitrogens with zero attached hydrogens (tertiary/aromatic N) is 1. The van der Waals surface area contributed by atoms with E-state index in [1.165, 1.54) is 11.1 Å². The number of carbonyl (C=O) groups is 2. The summed E-state index contributed by atoms with van der Waals surface area (Å²) in [5.74, 6) is 0.344. The number of pyridine rings is 1. The van der Waals surface area contributed by atoms with Crippen molar-refractivity contribution < 1.29 is 9.59 Å². The average molecular weight is 391 g/mol. The summed E-state index contributed by atoms with van der Waals surface area (Å²) < 4.78 is 0. The van der Waals surface area contributed by atoms with E-state index in [1.807, 2.05) is 42.5 Å². The number of aryl methyl sites for hydroxylation is 2. The van der Waals surface area contributed by atoms with E-state index in [-0.39, 0.29) is 22.8 Å². The van der Waals surface area contributed by atoms with Gasteiger partial charge in [-0.1, -0.05) is 53.7 Å². The molecule has 1 atom stereocenters. The number of nitrogens with one attached hydrogen (secondary N) is 2. The quantitative estimate of drug-likeness (QED) is 0.698. The van der Waals surface area contributed by atoms with Crippen LogP contribution in [-0.2, 0) is 16.0 Å². The first-order valence-corrected chi connectivity index (χ1v) is 10.2. The van der Waals surface area contributed by atoms with Gasteiger partial charge in [-0.05, 0) is 42.8 Å². The molecule has 3 aromatic rings. The van der Waals surface area contributed by atoms with Crippen LogP contribution in [0, 0.1) is 6.92 Å². The van der Waals surface area contributed by atoms with Gasteiger partial charge >= 0.3 is 0 Å². The fraction of sp³-hybridized carbons (Fsp3) is 0.227. The Kier molecular flexibility index (Phi) is 5.30. The number of benzene rings is 2. The number of thioether (sulfide) groups is 1. The van der Waals surface area contributed by atoms with Gasteiger partial charge in [0.1, 0.15) is 5.82 Å². The number of carbonyl (C=O) groups excluding carboxylic acids is 2. The van der Waals surface area contributed by atoms with E-state index in [2.05, 4.69) is 28.6 Å². The van der Waals surface area contributed by atoms with Gasteiger partial charge in [-0.3, -0.25) is 9.59 Å². The van der Waals surface area contributed by atoms with Crippen molar-refractivity contribution in [2.45, 2.75) is 25.8 Å². The summed E-state index contributed by atoms with van der Waals surface area (Å²) in [6, 6.07) is 15.6. The summed E-state index contributed by atoms with van der Waals surface area (Å²) in [7, 11) is 0. The maximum atomic E-state index is 12.5. The van der Waals surface area contributed by atoms with Gasteiger partial charge in [0, 0.05) is 17.3 Å². The predicted octanol–water partition coefficient (Wildman–Crippen LogP) is 4.17. The van der Waals surface area contributed by atoms with Crippen LogP contribution >= 0.6 is 11.8 Å². The van der Waals surface area contributed by atoms with Crippen molar-refractivity contribution in [3.05, 3.63) is 65.9 Å². The topological polar surface area (TPSA) is 71.1 Å². The van der Waals surface area contributed by atoms with Crippen LogP contribution in [0.2, 0.25) is 0 Å². The molecule has 0 spiro atoms. The van der Waals surface area contributed by atoms with Crippen LogP contribution < -0.4 is 10.6 Å². The zero-order chi connectivity index (χ0) is 19.5. The Morgan fingerprint density at radius 3 is 2.86 bits per heavy atom. The van der Waals surface area contributed by atoms with Crippen molar-refractivity contribution in [3.8, 4) is 0 Å². The van der Waals surface area contributed by atoms with Crippen molar-refractivity contribution in [1.29, 1.82) is 0 Å². The zero-order valence-electron chi connectivity index (χ0n) is 15.6. The first-order valence-electron chi connectivity index (χ1n) is 9.26. The normalized spacial score (nSPS) is 15.5. The molecule has 2 heterocycles. The van der Waals surface area contributed by atoms with Gasteiger partial charge in [-0.2, -0.15) is 0 Å². The fourth-order valence-electron chi connectivity index (χ4n) is 3.37. The molecule has 5 nitrogen and oxygen atoms in total. The van der Waals surface area contributed by atoms with E-state index in [4.69, 9.17) is 0 Å². The van der Waals surface area contributed by atoms with E-state index in [0.29, 0.717) is 5.82 Å². The van der Waals surface area contributed by atoms with E-state index in [9.17, 15) is 9.59 Å². The van der Waals surface area contributed by atoms with Crippen molar-refractivity contribution in [1.82, 2.24) is 4.98 Å². The maximum absolute atomic E-state index is 12.5. The standard InChI is InChI=1S/C22H21N3O2S/c1-14-6-8-18-16(10-14)7-9-19(24-18)22(27)28-13-21(26)25-20-11-15-4-2-3-5-17(15)12-23-20/h2-6,8,10-12,19,24H,7,9,13H2,1H3,(H,23,25,26). The van der Waals surface area contributed by atoms with Crippen LogP contribution in [0.15, 0.2) is 54.7 Å². The van der Waals surface area contributed by atoms with Crippen LogP contribution in [0.3, 0.4) is 0 Å². The number of hydrogen-bond acceptors (Lipinski definition) is 5. The van der Waals surface area contributed by atoms with Gasteiger partial charge in [0.15, 0.2) is 0 Å². The van der Waals surface area contributed by atoms with E-state index >= 15 is 0 Å². The van der Waals surface area contributed by atoms with Crippen molar-refractivity contribution >= 4 is 45.1 Å². The molecule has 1 aliphatic rings. The largest absolute Gasteiger partial charge is 0.374 e. The van der Waals surface area contributed by atoms with Crippen molar-refractivity contribution in [2.24, 2.45) is 0 Å². The number of fused-ring (bicyclic) bond motifs is 2. The number of hydrogen-bond donors (Lipinski definition) is 2. The Labute approximate surface area is 167 Å². The van der Waals surface area contributed by atoms with E-state index in [1.54, 1.807) is 6.20 Å². The molecule has 0 fully saturated rings. The lowest BCUT2D eigenvalue weighted by Gasteiger charge is -2.26. The lowest BCUT2D eigenvalue weighted by molar-refractivity contribution is -0.115. The maximum Gasteiger partial charge on any atom is 0.235 e. The third kappa shape index (κ3) is 4.17. The number of aromatic nitrogens is 1. The Hall–Kier alpha value is -2.86. The van der Waals surface area contributed by atoms with Crippen molar-refractivity contribution in [3.63, 3.8) is 0 Å². The summed E-state index contributed by atoms with van der Waals surface area (Å²) in [5, 5.41) is 8.10. The second-order valence-corrected chi connectivity index (χ2v) is 7.95. The summed E-state index contributed by atoms with van der Waals surface area (Å²) in [5.41, 5.74) is 3.48. The molecule has 2 aromatic carbocycles. The van der Waals surface area contributed by atoms with E-state index < -0.39 is 0 Å². The minimum atomic E-state index is -0.258. The minimum absolute atomic E-state index is 0.00662. The lowest BCUT2D eigenvalue weighted by atomic mass is 9.97. The monoisotopic (exact) mass is 391 g/mol. The molecule has 2 N–H and O–H groups in total. The highest BCUT2D eigenvalue weighted by molar-refractivity contribution is 8.14. The molecule has 6 heteroatoms. The molecule has 4 rings (SSSR count). The van der Waals surface area contributed by atoms with Crippen molar-refractivity contribution in [2.75, 3.05) is 16.4 Å². The Morgan fingerprint density at radius 2 is 2.00 bits per heavy atom. The van der Waals surface area contributed by atoms with Gasteiger partial charge in [0.2, 0.25) is 11.0 Å². The summed E-state index contributed by atoms with van der Waals surface area (Å²) in [6.45, 7) is 2.07. The van der Waals surface area contributed by atoms with Crippen LogP contribution in [0.4, 0.5) is 11.5 Å². The average Bonchev–Trinajstić information content (AvgIpc) is 2.71. The molecule has 1 unspecified atom stereocenters. The minimum Gasteiger partial charge on any atom is -0.374 e. The molecule has 1 amide bonds. The number of amides is 1. The zero-order valence-corrected chi connectivity index (χ0v) is 16.4. The highest BCUT2D eigenvalue weighted by Gasteiger charge is 2.24. The van der Waals surface area contributed by atoms with Gasteiger partial charge in [0.25, 0.3) is 0 Å². The van der Waals surface area contributed by atoms with Gasteiger partial charge in [-0.25, -0.2) is 4.98 Å². The Morgan fingerprint density at radius 1 is 1.18 bits per heavy atom. The molecule has 0 saturated heterocycles. The van der Waals surface area contributed by atoms with Crippen LogP contribution in [0.25, 0.3) is 10.8 Å². The third-order valence-corrected chi connectivity index (χ3v) is 5.80. The van der Waals surface area contributed by atoms with Gasteiger partial charge in [0.05, 0.1) is 11.8 Å². The molecule has 142 valence electrons. The molecule has 28 heavy (non-hydrogen) atoms. The molecule has 0 bridgehead atoms. The lowest BCUT2D eigenvalue weighted by Crippen LogP contribution is -2.32. The molecular formula is C22H21N3O2S. The second-order valence-electron chi connectivity index (χ2n) is 6.97. The fourth-order valence-corrected chi connectivity index (χ4v) is 4.10.